The van der Waals surface area contributed by atoms with Crippen LogP contribution >= 0.6 is 11.6 Å². The van der Waals surface area contributed by atoms with Crippen LogP contribution in [0.15, 0.2) is 48.5 Å². The lowest BCUT2D eigenvalue weighted by molar-refractivity contribution is -0.127. The lowest BCUT2D eigenvalue weighted by Gasteiger charge is -2.30. The van der Waals surface area contributed by atoms with E-state index >= 15 is 0 Å². The van der Waals surface area contributed by atoms with Crippen LogP contribution < -0.4 is 10.1 Å². The fourth-order valence-electron chi connectivity index (χ4n) is 4.08. The van der Waals surface area contributed by atoms with Gasteiger partial charge in [0.15, 0.2) is 5.75 Å². The third-order valence-electron chi connectivity index (χ3n) is 6.38. The molecule has 1 N–H and O–H groups in total. The summed E-state index contributed by atoms with van der Waals surface area (Å²) in [4.78, 5) is 24.6. The fraction of sp³-hybridized carbons (Fsp3) is 0.333. The molecule has 0 saturated heterocycles. The number of benzene rings is 2. The van der Waals surface area contributed by atoms with Crippen molar-refractivity contribution in [1.82, 2.24) is 15.1 Å². The van der Waals surface area contributed by atoms with E-state index in [0.29, 0.717) is 34.9 Å². The number of rotatable bonds is 9. The maximum atomic E-state index is 13.5. The number of amides is 1. The molecule has 0 saturated carbocycles. The fourth-order valence-corrected chi connectivity index (χ4v) is 4.20. The molecule has 3 aromatic rings. The number of ether oxygens (including phenoxy) is 1. The highest BCUT2D eigenvalue weighted by Crippen LogP contribution is 2.34. The molecule has 1 amide bonds. The Morgan fingerprint density at radius 2 is 1.97 bits per heavy atom. The van der Waals surface area contributed by atoms with E-state index in [1.807, 2.05) is 49.4 Å². The third kappa shape index (κ3) is 5.72. The van der Waals surface area contributed by atoms with Crippen molar-refractivity contribution in [3.8, 4) is 11.8 Å². The zero-order chi connectivity index (χ0) is 25.8. The Bertz CT molecular complexity index is 1260. The van der Waals surface area contributed by atoms with E-state index in [2.05, 4.69) is 16.5 Å². The number of hydrogen-bond donors (Lipinski definition) is 1. The first-order chi connectivity index (χ1) is 16.6. The molecule has 0 unspecified atom stereocenters. The largest absolute Gasteiger partial charge is 0.425 e. The van der Waals surface area contributed by atoms with E-state index in [1.54, 1.807) is 38.6 Å². The van der Waals surface area contributed by atoms with Crippen LogP contribution in [0.5, 0.6) is 5.75 Å². The van der Waals surface area contributed by atoms with E-state index in [0.717, 1.165) is 11.1 Å². The van der Waals surface area contributed by atoms with Crippen LogP contribution in [0.3, 0.4) is 0 Å². The summed E-state index contributed by atoms with van der Waals surface area (Å²) in [5.41, 5.74) is 2.53. The Kier molecular flexibility index (Phi) is 7.98. The van der Waals surface area contributed by atoms with Crippen LogP contribution in [0.25, 0.3) is 0 Å². The van der Waals surface area contributed by atoms with Crippen LogP contribution in [0.4, 0.5) is 0 Å². The van der Waals surface area contributed by atoms with E-state index in [9.17, 15) is 14.9 Å². The van der Waals surface area contributed by atoms with E-state index in [1.165, 1.54) is 0 Å². The Labute approximate surface area is 210 Å². The average Bonchev–Trinajstić information content (AvgIpc) is 3.13. The Morgan fingerprint density at radius 1 is 1.29 bits per heavy atom. The minimum atomic E-state index is -1.07. The molecular formula is C27H29ClN4O3. The van der Waals surface area contributed by atoms with Crippen molar-refractivity contribution in [2.45, 2.75) is 51.5 Å². The number of nitrogens with zero attached hydrogens (tertiary/aromatic N) is 3. The second-order valence-electron chi connectivity index (χ2n) is 9.16. The minimum Gasteiger partial charge on any atom is -0.425 e. The Hall–Kier alpha value is -3.63. The molecule has 2 atom stereocenters. The molecule has 8 heteroatoms. The van der Waals surface area contributed by atoms with Gasteiger partial charge in [-0.25, -0.2) is 0 Å². The van der Waals surface area contributed by atoms with E-state index in [-0.39, 0.29) is 23.6 Å². The number of carbonyl (C=O) groups excluding carboxylic acids is 2. The van der Waals surface area contributed by atoms with Crippen LogP contribution in [0.1, 0.15) is 54.8 Å². The molecule has 0 fully saturated rings. The van der Waals surface area contributed by atoms with Gasteiger partial charge >= 0.3 is 0 Å². The van der Waals surface area contributed by atoms with Gasteiger partial charge in [0.2, 0.25) is 5.91 Å². The van der Waals surface area contributed by atoms with Gasteiger partial charge in [0.1, 0.15) is 5.69 Å². The highest BCUT2D eigenvalue weighted by atomic mass is 35.5. The number of aromatic nitrogens is 2. The third-order valence-corrected chi connectivity index (χ3v) is 6.63. The molecule has 0 spiro atoms. The summed E-state index contributed by atoms with van der Waals surface area (Å²) >= 11 is 6.06. The van der Waals surface area contributed by atoms with Crippen LogP contribution in [-0.2, 0) is 28.5 Å². The van der Waals surface area contributed by atoms with Gasteiger partial charge in [-0.05, 0) is 69.5 Å². The average molecular weight is 493 g/mol. The lowest BCUT2D eigenvalue weighted by Crippen LogP contribution is -2.47. The van der Waals surface area contributed by atoms with Crippen molar-refractivity contribution in [2.24, 2.45) is 7.05 Å². The molecule has 0 radical (unpaired) electrons. The molecule has 3 rings (SSSR count). The van der Waals surface area contributed by atoms with Crippen LogP contribution in [-0.4, -0.2) is 28.2 Å². The normalized spacial score (nSPS) is 12.9. The van der Waals surface area contributed by atoms with Gasteiger partial charge in [-0.3, -0.25) is 14.3 Å². The van der Waals surface area contributed by atoms with Crippen molar-refractivity contribution < 1.29 is 14.3 Å². The standard InChI is InChI=1S/C27H29ClN4O3/c1-17(30-26(34)27(3,4)25-24(35-16-33)18(2)32(5)31-25)23(14-19-9-11-22(28)12-10-19)21-8-6-7-20(13-21)15-29/h6-13,16-17,23H,14H2,1-5H3,(H,30,34)/t17-,23+/m0/s1. The van der Waals surface area contributed by atoms with Crippen molar-refractivity contribution in [3.63, 3.8) is 0 Å². The summed E-state index contributed by atoms with van der Waals surface area (Å²) in [5.74, 6) is -0.0773. The SMILES string of the molecule is Cc1c(OC=O)c(C(C)(C)C(=O)N[C@@H](C)[C@@H](Cc2ccc(Cl)cc2)c2cccc(C#N)c2)nn1C. The van der Waals surface area contributed by atoms with Crippen molar-refractivity contribution in [3.05, 3.63) is 81.6 Å². The first-order valence-corrected chi connectivity index (χ1v) is 11.7. The summed E-state index contributed by atoms with van der Waals surface area (Å²) in [6.45, 7) is 7.56. The topological polar surface area (TPSA) is 97.0 Å². The second kappa shape index (κ2) is 10.7. The molecule has 2 aromatic carbocycles. The molecule has 182 valence electrons. The van der Waals surface area contributed by atoms with Crippen LogP contribution in [0, 0.1) is 18.3 Å². The quantitative estimate of drug-likeness (QED) is 0.440. The smallest absolute Gasteiger partial charge is 0.298 e. The highest BCUT2D eigenvalue weighted by molar-refractivity contribution is 6.30. The van der Waals surface area contributed by atoms with E-state index < -0.39 is 5.41 Å². The lowest BCUT2D eigenvalue weighted by atomic mass is 9.83. The molecule has 0 bridgehead atoms. The summed E-state index contributed by atoms with van der Waals surface area (Å²) in [7, 11) is 1.73. The molecule has 7 nitrogen and oxygen atoms in total. The molecule has 1 aromatic heterocycles. The van der Waals surface area contributed by atoms with Crippen LogP contribution in [0.2, 0.25) is 5.02 Å². The van der Waals surface area contributed by atoms with Gasteiger partial charge in [0.05, 0.1) is 22.7 Å². The second-order valence-corrected chi connectivity index (χ2v) is 9.60. The van der Waals surface area contributed by atoms with Crippen molar-refractivity contribution >= 4 is 24.0 Å². The summed E-state index contributed by atoms with van der Waals surface area (Å²) in [6.07, 6.45) is 0.635. The molecule has 0 aliphatic heterocycles. The van der Waals surface area contributed by atoms with Gasteiger partial charge in [-0.2, -0.15) is 10.4 Å². The molecule has 35 heavy (non-hydrogen) atoms. The molecular weight excluding hydrogens is 464 g/mol. The number of nitriles is 1. The number of halogens is 1. The van der Waals surface area contributed by atoms with Crippen molar-refractivity contribution in [2.75, 3.05) is 0 Å². The van der Waals surface area contributed by atoms with Crippen molar-refractivity contribution in [1.29, 1.82) is 5.26 Å². The first-order valence-electron chi connectivity index (χ1n) is 11.3. The van der Waals surface area contributed by atoms with Gasteiger partial charge < -0.3 is 10.1 Å². The maximum Gasteiger partial charge on any atom is 0.298 e. The minimum absolute atomic E-state index is 0.111. The molecule has 1 heterocycles. The van der Waals surface area contributed by atoms with Gasteiger partial charge in [-0.1, -0.05) is 35.9 Å². The maximum absolute atomic E-state index is 13.5. The number of aryl methyl sites for hydroxylation is 1. The zero-order valence-electron chi connectivity index (χ0n) is 20.5. The van der Waals surface area contributed by atoms with E-state index in [4.69, 9.17) is 16.3 Å². The predicted molar refractivity (Wildman–Crippen MR) is 134 cm³/mol. The van der Waals surface area contributed by atoms with Gasteiger partial charge in [-0.15, -0.1) is 0 Å². The molecule has 0 aliphatic carbocycles. The predicted octanol–water partition coefficient (Wildman–Crippen LogP) is 4.60. The summed E-state index contributed by atoms with van der Waals surface area (Å²) < 4.78 is 6.76. The monoisotopic (exact) mass is 492 g/mol. The number of nitrogens with one attached hydrogen (secondary N) is 1. The highest BCUT2D eigenvalue weighted by Gasteiger charge is 2.38. The van der Waals surface area contributed by atoms with Gasteiger partial charge in [0.25, 0.3) is 6.47 Å². The number of carbonyl (C=O) groups is 2. The summed E-state index contributed by atoms with van der Waals surface area (Å²) in [6, 6.07) is 16.9. The zero-order valence-corrected chi connectivity index (χ0v) is 21.3. The van der Waals surface area contributed by atoms with Gasteiger partial charge in [0, 0.05) is 24.0 Å². The first kappa shape index (κ1) is 26.0. The summed E-state index contributed by atoms with van der Waals surface area (Å²) in [5, 5.41) is 17.6. The molecule has 0 aliphatic rings. The number of hydrogen-bond acceptors (Lipinski definition) is 5. The Morgan fingerprint density at radius 3 is 2.60 bits per heavy atom. The Balaban J connectivity index is 1.92.